The highest BCUT2D eigenvalue weighted by Gasteiger charge is 2.22. The molecule has 1 saturated heterocycles. The Balaban J connectivity index is 0.00000144. The summed E-state index contributed by atoms with van der Waals surface area (Å²) in [6, 6.07) is 11.1. The number of amides is 1. The van der Waals surface area contributed by atoms with Crippen LogP contribution in [0.2, 0.25) is 0 Å². The lowest BCUT2D eigenvalue weighted by Crippen LogP contribution is -2.24. The molecular weight excluding hydrogens is 417 g/mol. The minimum Gasteiger partial charge on any atom is -0.439 e. The average molecular weight is 435 g/mol. The Kier molecular flexibility index (Phi) is 8.48. The Morgan fingerprint density at radius 3 is 2.75 bits per heavy atom. The van der Waals surface area contributed by atoms with Gasteiger partial charge in [0, 0.05) is 17.1 Å². The molecule has 8 heteroatoms. The summed E-state index contributed by atoms with van der Waals surface area (Å²) in [5.41, 5.74) is 0.679. The molecule has 2 aromatic rings. The van der Waals surface area contributed by atoms with Crippen molar-refractivity contribution in [3.8, 4) is 11.6 Å². The van der Waals surface area contributed by atoms with Crippen molar-refractivity contribution in [2.24, 2.45) is 5.92 Å². The predicted molar refractivity (Wildman–Crippen MR) is 103 cm³/mol. The number of hydrogen-bond donors (Lipinski definition) is 2. The zero-order valence-electron chi connectivity index (χ0n) is 12.7. The maximum absolute atomic E-state index is 12.0. The highest BCUT2D eigenvalue weighted by Crippen LogP contribution is 2.23. The number of ether oxygens (including phenoxy) is 1. The number of anilines is 1. The van der Waals surface area contributed by atoms with Crippen LogP contribution in [0.25, 0.3) is 0 Å². The average Bonchev–Trinajstić information content (AvgIpc) is 3.04. The second-order valence-corrected chi connectivity index (χ2v) is 6.04. The molecule has 2 N–H and O–H groups in total. The summed E-state index contributed by atoms with van der Waals surface area (Å²) >= 11 is 3.39. The van der Waals surface area contributed by atoms with Gasteiger partial charge in [0.05, 0.1) is 17.8 Å². The van der Waals surface area contributed by atoms with E-state index in [0.29, 0.717) is 17.3 Å². The Labute approximate surface area is 161 Å². The van der Waals surface area contributed by atoms with Crippen LogP contribution in [0.4, 0.5) is 5.69 Å². The molecule has 130 valence electrons. The van der Waals surface area contributed by atoms with Crippen LogP contribution in [0, 0.1) is 5.92 Å². The van der Waals surface area contributed by atoms with Crippen molar-refractivity contribution in [2.45, 2.75) is 6.42 Å². The molecule has 1 atom stereocenters. The third-order valence-corrected chi connectivity index (χ3v) is 3.95. The maximum atomic E-state index is 12.0. The van der Waals surface area contributed by atoms with Gasteiger partial charge in [-0.1, -0.05) is 22.0 Å². The Bertz CT molecular complexity index is 665. The van der Waals surface area contributed by atoms with Gasteiger partial charge >= 0.3 is 0 Å². The molecule has 0 bridgehead atoms. The Morgan fingerprint density at radius 1 is 1.29 bits per heavy atom. The monoisotopic (exact) mass is 433 g/mol. The summed E-state index contributed by atoms with van der Waals surface area (Å²) in [7, 11) is 0. The van der Waals surface area contributed by atoms with Crippen LogP contribution in [-0.2, 0) is 4.79 Å². The lowest BCUT2D eigenvalue weighted by atomic mass is 10.1. The molecule has 0 radical (unpaired) electrons. The highest BCUT2D eigenvalue weighted by atomic mass is 79.9. The van der Waals surface area contributed by atoms with E-state index >= 15 is 0 Å². The molecular formula is C16H18BrCl2N3O2. The van der Waals surface area contributed by atoms with E-state index in [0.717, 1.165) is 24.0 Å². The second kappa shape index (κ2) is 9.84. The van der Waals surface area contributed by atoms with Crippen LogP contribution in [-0.4, -0.2) is 24.0 Å². The summed E-state index contributed by atoms with van der Waals surface area (Å²) < 4.78 is 6.60. The first-order valence-corrected chi connectivity index (χ1v) is 7.91. The standard InChI is InChI=1S/C16H16BrN3O2.2ClH/c17-12-2-1-3-14(8-12)22-15-5-4-13(10-19-15)20-16(21)11-6-7-18-9-11;;/h1-5,8,10-11,18H,6-7,9H2,(H,20,21);2*1H. The fraction of sp³-hybridized carbons (Fsp3) is 0.250. The van der Waals surface area contributed by atoms with Gasteiger partial charge < -0.3 is 15.4 Å². The number of pyridine rings is 1. The minimum atomic E-state index is 0. The zero-order chi connectivity index (χ0) is 15.4. The van der Waals surface area contributed by atoms with Gasteiger partial charge in [-0.2, -0.15) is 0 Å². The van der Waals surface area contributed by atoms with Crippen molar-refractivity contribution in [2.75, 3.05) is 18.4 Å². The fourth-order valence-electron chi connectivity index (χ4n) is 2.29. The topological polar surface area (TPSA) is 63.2 Å². The summed E-state index contributed by atoms with van der Waals surface area (Å²) in [6.45, 7) is 1.64. The molecule has 5 nitrogen and oxygen atoms in total. The smallest absolute Gasteiger partial charge is 0.228 e. The van der Waals surface area contributed by atoms with E-state index in [1.165, 1.54) is 0 Å². The molecule has 1 aromatic heterocycles. The molecule has 0 spiro atoms. The number of aromatic nitrogens is 1. The Hall–Kier alpha value is -1.34. The fourth-order valence-corrected chi connectivity index (χ4v) is 2.67. The van der Waals surface area contributed by atoms with Crippen molar-refractivity contribution in [1.82, 2.24) is 10.3 Å². The number of halogens is 3. The normalized spacial score (nSPS) is 15.8. The number of carbonyl (C=O) groups excluding carboxylic acids is 1. The van der Waals surface area contributed by atoms with Crippen LogP contribution < -0.4 is 15.4 Å². The van der Waals surface area contributed by atoms with Gasteiger partial charge in [-0.3, -0.25) is 4.79 Å². The van der Waals surface area contributed by atoms with Crippen LogP contribution in [0.3, 0.4) is 0 Å². The van der Waals surface area contributed by atoms with E-state index in [1.54, 1.807) is 18.3 Å². The van der Waals surface area contributed by atoms with E-state index in [9.17, 15) is 4.79 Å². The number of nitrogens with one attached hydrogen (secondary N) is 2. The maximum Gasteiger partial charge on any atom is 0.228 e. The SMILES string of the molecule is Cl.Cl.O=C(Nc1ccc(Oc2cccc(Br)c2)nc1)C1CCNC1. The number of rotatable bonds is 4. The molecule has 0 saturated carbocycles. The molecule has 3 rings (SSSR count). The number of hydrogen-bond acceptors (Lipinski definition) is 4. The van der Waals surface area contributed by atoms with E-state index in [2.05, 4.69) is 31.5 Å². The van der Waals surface area contributed by atoms with E-state index < -0.39 is 0 Å². The summed E-state index contributed by atoms with van der Waals surface area (Å²) in [6.07, 6.45) is 2.48. The van der Waals surface area contributed by atoms with Crippen molar-refractivity contribution >= 4 is 52.3 Å². The number of nitrogens with zero attached hydrogens (tertiary/aromatic N) is 1. The molecule has 24 heavy (non-hydrogen) atoms. The third kappa shape index (κ3) is 5.63. The van der Waals surface area contributed by atoms with Crippen LogP contribution in [0.5, 0.6) is 11.6 Å². The predicted octanol–water partition coefficient (Wildman–Crippen LogP) is 4.03. The van der Waals surface area contributed by atoms with Crippen LogP contribution in [0.1, 0.15) is 6.42 Å². The molecule has 1 aliphatic rings. The van der Waals surface area contributed by atoms with Gasteiger partial charge in [0.15, 0.2) is 0 Å². The number of carbonyl (C=O) groups is 1. The van der Waals surface area contributed by atoms with Crippen molar-refractivity contribution < 1.29 is 9.53 Å². The summed E-state index contributed by atoms with van der Waals surface area (Å²) in [5, 5.41) is 6.06. The molecule has 1 fully saturated rings. The molecule has 1 amide bonds. The first-order chi connectivity index (χ1) is 10.7. The highest BCUT2D eigenvalue weighted by molar-refractivity contribution is 9.10. The second-order valence-electron chi connectivity index (χ2n) is 5.12. The van der Waals surface area contributed by atoms with Crippen LogP contribution >= 0.6 is 40.7 Å². The molecule has 0 aliphatic carbocycles. The minimum absolute atomic E-state index is 0. The van der Waals surface area contributed by atoms with E-state index in [-0.39, 0.29) is 36.6 Å². The molecule has 1 unspecified atom stereocenters. The van der Waals surface area contributed by atoms with E-state index in [1.807, 2.05) is 24.3 Å². The largest absolute Gasteiger partial charge is 0.439 e. The van der Waals surface area contributed by atoms with Crippen molar-refractivity contribution in [1.29, 1.82) is 0 Å². The quantitative estimate of drug-likeness (QED) is 0.762. The van der Waals surface area contributed by atoms with Gasteiger partial charge in [0.2, 0.25) is 11.8 Å². The van der Waals surface area contributed by atoms with Crippen molar-refractivity contribution in [3.05, 3.63) is 47.1 Å². The lowest BCUT2D eigenvalue weighted by Gasteiger charge is -2.10. The van der Waals surface area contributed by atoms with Gasteiger partial charge in [0.25, 0.3) is 0 Å². The molecule has 1 aromatic carbocycles. The number of benzene rings is 1. The van der Waals surface area contributed by atoms with Gasteiger partial charge in [-0.15, -0.1) is 24.8 Å². The van der Waals surface area contributed by atoms with Gasteiger partial charge in [-0.25, -0.2) is 4.98 Å². The van der Waals surface area contributed by atoms with Crippen LogP contribution in [0.15, 0.2) is 47.1 Å². The lowest BCUT2D eigenvalue weighted by molar-refractivity contribution is -0.119. The summed E-state index contributed by atoms with van der Waals surface area (Å²) in [4.78, 5) is 16.2. The van der Waals surface area contributed by atoms with Crippen molar-refractivity contribution in [3.63, 3.8) is 0 Å². The van der Waals surface area contributed by atoms with E-state index in [4.69, 9.17) is 4.74 Å². The third-order valence-electron chi connectivity index (χ3n) is 3.45. The van der Waals surface area contributed by atoms with Gasteiger partial charge in [0.1, 0.15) is 5.75 Å². The first kappa shape index (κ1) is 20.7. The van der Waals surface area contributed by atoms with Gasteiger partial charge in [-0.05, 0) is 37.2 Å². The Morgan fingerprint density at radius 2 is 2.12 bits per heavy atom. The zero-order valence-corrected chi connectivity index (χ0v) is 15.9. The molecule has 2 heterocycles. The summed E-state index contributed by atoms with van der Waals surface area (Å²) in [5.74, 6) is 1.26. The molecule has 1 aliphatic heterocycles. The first-order valence-electron chi connectivity index (χ1n) is 7.12.